The van der Waals surface area contributed by atoms with Crippen molar-refractivity contribution in [2.24, 2.45) is 5.92 Å². The smallest absolute Gasteiger partial charge is 0.328 e. The fourth-order valence-electron chi connectivity index (χ4n) is 2.62. The molecule has 0 aromatic heterocycles. The number of ether oxygens (including phenoxy) is 2. The van der Waals surface area contributed by atoms with E-state index in [1.807, 2.05) is 32.0 Å². The molecule has 2 aromatic carbocycles. The minimum Gasteiger partial charge on any atom is -0.484 e. The average molecular weight is 383 g/mol. The van der Waals surface area contributed by atoms with E-state index in [-0.39, 0.29) is 18.3 Å². The number of carbonyl (C=O) groups is 3. The molecule has 0 radical (unpaired) electrons. The van der Waals surface area contributed by atoms with Crippen LogP contribution in [0.15, 0.2) is 54.6 Å². The summed E-state index contributed by atoms with van der Waals surface area (Å²) in [5.41, 5.74) is 1.14. The van der Waals surface area contributed by atoms with Gasteiger partial charge in [-0.3, -0.25) is 9.59 Å². The van der Waals surface area contributed by atoms with E-state index in [1.54, 1.807) is 36.4 Å². The minimum absolute atomic E-state index is 0.0558. The molecule has 0 bridgehead atoms. The maximum atomic E-state index is 12.4. The second-order valence-corrected chi connectivity index (χ2v) is 6.46. The van der Waals surface area contributed by atoms with Crippen LogP contribution in [0, 0.1) is 5.92 Å². The molecule has 0 aliphatic rings. The van der Waals surface area contributed by atoms with Crippen molar-refractivity contribution in [1.82, 2.24) is 5.32 Å². The topological polar surface area (TPSA) is 81.7 Å². The van der Waals surface area contributed by atoms with E-state index in [2.05, 4.69) is 5.32 Å². The number of hydrogen-bond acceptors (Lipinski definition) is 5. The molecule has 0 spiro atoms. The third-order valence-electron chi connectivity index (χ3n) is 4.51. The molecule has 6 heteroatoms. The van der Waals surface area contributed by atoms with E-state index < -0.39 is 17.9 Å². The van der Waals surface area contributed by atoms with Gasteiger partial charge in [0, 0.05) is 11.1 Å². The van der Waals surface area contributed by atoms with Gasteiger partial charge in [0.1, 0.15) is 11.8 Å². The lowest BCUT2D eigenvalue weighted by Gasteiger charge is -2.21. The van der Waals surface area contributed by atoms with Gasteiger partial charge in [-0.15, -0.1) is 0 Å². The van der Waals surface area contributed by atoms with Crippen molar-refractivity contribution in [1.29, 1.82) is 0 Å². The summed E-state index contributed by atoms with van der Waals surface area (Å²) in [6.45, 7) is 3.56. The van der Waals surface area contributed by atoms with Crippen LogP contribution in [0.5, 0.6) is 5.75 Å². The van der Waals surface area contributed by atoms with Gasteiger partial charge in [0.2, 0.25) is 0 Å². The van der Waals surface area contributed by atoms with Crippen LogP contribution >= 0.6 is 0 Å². The van der Waals surface area contributed by atoms with Crippen LogP contribution in [0.3, 0.4) is 0 Å². The molecule has 0 aliphatic carbocycles. The number of esters is 1. The molecule has 6 nitrogen and oxygen atoms in total. The van der Waals surface area contributed by atoms with E-state index in [9.17, 15) is 14.4 Å². The van der Waals surface area contributed by atoms with Crippen molar-refractivity contribution in [2.45, 2.75) is 26.3 Å². The summed E-state index contributed by atoms with van der Waals surface area (Å²) >= 11 is 0. The zero-order valence-corrected chi connectivity index (χ0v) is 16.3. The summed E-state index contributed by atoms with van der Waals surface area (Å²) in [6.07, 6.45) is 0.720. The predicted octanol–water partition coefficient (Wildman–Crippen LogP) is 3.00. The second kappa shape index (κ2) is 10.3. The van der Waals surface area contributed by atoms with Crippen molar-refractivity contribution in [3.63, 3.8) is 0 Å². The average Bonchev–Trinajstić information content (AvgIpc) is 2.75. The van der Waals surface area contributed by atoms with Crippen LogP contribution in [-0.2, 0) is 14.3 Å². The molecule has 2 atom stereocenters. The number of nitrogens with one attached hydrogen (secondary N) is 1. The Balaban J connectivity index is 1.92. The van der Waals surface area contributed by atoms with Crippen molar-refractivity contribution in [2.75, 3.05) is 13.7 Å². The molecule has 2 aromatic rings. The Bertz CT molecular complexity index is 801. The zero-order valence-electron chi connectivity index (χ0n) is 16.3. The number of methoxy groups -OCH3 is 1. The van der Waals surface area contributed by atoms with Gasteiger partial charge in [0.25, 0.3) is 5.91 Å². The van der Waals surface area contributed by atoms with Crippen LogP contribution in [0.4, 0.5) is 0 Å². The lowest BCUT2D eigenvalue weighted by atomic mass is 9.99. The minimum atomic E-state index is -0.711. The molecule has 148 valence electrons. The molecule has 0 saturated carbocycles. The number of carbonyl (C=O) groups excluding carboxylic acids is 3. The van der Waals surface area contributed by atoms with Crippen molar-refractivity contribution < 1.29 is 23.9 Å². The van der Waals surface area contributed by atoms with E-state index in [1.165, 1.54) is 7.11 Å². The maximum Gasteiger partial charge on any atom is 0.328 e. The first kappa shape index (κ1) is 21.2. The summed E-state index contributed by atoms with van der Waals surface area (Å²) in [5.74, 6) is -0.580. The van der Waals surface area contributed by atoms with Gasteiger partial charge in [-0.05, 0) is 30.2 Å². The second-order valence-electron chi connectivity index (χ2n) is 6.46. The third-order valence-corrected chi connectivity index (χ3v) is 4.51. The van der Waals surface area contributed by atoms with Gasteiger partial charge in [-0.2, -0.15) is 0 Å². The summed E-state index contributed by atoms with van der Waals surface area (Å²) in [5, 5.41) is 2.65. The molecule has 0 fully saturated rings. The predicted molar refractivity (Wildman–Crippen MR) is 105 cm³/mol. The van der Waals surface area contributed by atoms with Gasteiger partial charge < -0.3 is 14.8 Å². The SMILES string of the molecule is CC[C@H](C)[C@H](NC(=O)COc1ccc(C(=O)c2ccccc2)cc1)C(=O)OC. The number of amides is 1. The van der Waals surface area contributed by atoms with Crippen LogP contribution in [0.1, 0.15) is 36.2 Å². The Morgan fingerprint density at radius 1 is 0.964 bits per heavy atom. The fraction of sp³-hybridized carbons (Fsp3) is 0.318. The largest absolute Gasteiger partial charge is 0.484 e. The summed E-state index contributed by atoms with van der Waals surface area (Å²) in [4.78, 5) is 36.3. The van der Waals surface area contributed by atoms with Crippen molar-refractivity contribution in [3.05, 3.63) is 65.7 Å². The van der Waals surface area contributed by atoms with E-state index in [0.29, 0.717) is 16.9 Å². The molecule has 1 N–H and O–H groups in total. The van der Waals surface area contributed by atoms with Gasteiger partial charge in [-0.1, -0.05) is 50.6 Å². The molecule has 0 aliphatic heterocycles. The Morgan fingerprint density at radius 2 is 1.57 bits per heavy atom. The Hall–Kier alpha value is -3.15. The molecule has 1 amide bonds. The number of rotatable bonds is 9. The van der Waals surface area contributed by atoms with Crippen LogP contribution in [0.2, 0.25) is 0 Å². The number of hydrogen-bond donors (Lipinski definition) is 1. The monoisotopic (exact) mass is 383 g/mol. The highest BCUT2D eigenvalue weighted by molar-refractivity contribution is 6.09. The summed E-state index contributed by atoms with van der Waals surface area (Å²) in [6, 6.07) is 14.8. The molecule has 2 rings (SSSR count). The Morgan fingerprint density at radius 3 is 2.14 bits per heavy atom. The quantitative estimate of drug-likeness (QED) is 0.532. The zero-order chi connectivity index (χ0) is 20.5. The Kier molecular flexibility index (Phi) is 7.75. The van der Waals surface area contributed by atoms with Gasteiger partial charge >= 0.3 is 5.97 Å². The van der Waals surface area contributed by atoms with Gasteiger partial charge in [0.15, 0.2) is 12.4 Å². The molecular weight excluding hydrogens is 358 g/mol. The van der Waals surface area contributed by atoms with Crippen LogP contribution < -0.4 is 10.1 Å². The van der Waals surface area contributed by atoms with E-state index >= 15 is 0 Å². The van der Waals surface area contributed by atoms with Gasteiger partial charge in [0.05, 0.1) is 7.11 Å². The standard InChI is InChI=1S/C22H25NO5/c1-4-15(2)20(22(26)27-3)23-19(24)14-28-18-12-10-17(11-13-18)21(25)16-8-6-5-7-9-16/h5-13,15,20H,4,14H2,1-3H3,(H,23,24)/t15-,20-/m0/s1. The first-order valence-corrected chi connectivity index (χ1v) is 9.16. The maximum absolute atomic E-state index is 12.4. The fourth-order valence-corrected chi connectivity index (χ4v) is 2.62. The first-order chi connectivity index (χ1) is 13.5. The van der Waals surface area contributed by atoms with Crippen LogP contribution in [0.25, 0.3) is 0 Å². The molecular formula is C22H25NO5. The number of benzene rings is 2. The highest BCUT2D eigenvalue weighted by atomic mass is 16.5. The van der Waals surface area contributed by atoms with E-state index in [0.717, 1.165) is 6.42 Å². The summed E-state index contributed by atoms with van der Waals surface area (Å²) in [7, 11) is 1.29. The molecule has 0 unspecified atom stereocenters. The van der Waals surface area contributed by atoms with Crippen molar-refractivity contribution >= 4 is 17.7 Å². The molecule has 0 heterocycles. The van der Waals surface area contributed by atoms with Gasteiger partial charge in [-0.25, -0.2) is 4.79 Å². The molecule has 0 saturated heterocycles. The highest BCUT2D eigenvalue weighted by Crippen LogP contribution is 2.16. The molecule has 28 heavy (non-hydrogen) atoms. The van der Waals surface area contributed by atoms with Crippen molar-refractivity contribution in [3.8, 4) is 5.75 Å². The van der Waals surface area contributed by atoms with Crippen LogP contribution in [-0.4, -0.2) is 37.4 Å². The first-order valence-electron chi connectivity index (χ1n) is 9.16. The Labute approximate surface area is 164 Å². The lowest BCUT2D eigenvalue weighted by molar-refractivity contribution is -0.146. The highest BCUT2D eigenvalue weighted by Gasteiger charge is 2.26. The summed E-state index contributed by atoms with van der Waals surface area (Å²) < 4.78 is 10.2. The number of ketones is 1. The normalized spacial score (nSPS) is 12.5. The lowest BCUT2D eigenvalue weighted by Crippen LogP contribution is -2.47. The third kappa shape index (κ3) is 5.67. The van der Waals surface area contributed by atoms with E-state index in [4.69, 9.17) is 9.47 Å².